The van der Waals surface area contributed by atoms with E-state index in [1.165, 1.54) is 0 Å². The normalized spacial score (nSPS) is 10.4. The number of fused-ring (bicyclic) bond motifs is 1. The van der Waals surface area contributed by atoms with Gasteiger partial charge in [-0.2, -0.15) is 0 Å². The summed E-state index contributed by atoms with van der Waals surface area (Å²) in [5.41, 5.74) is 1.03. The molecule has 0 spiro atoms. The monoisotopic (exact) mass is 162 g/mol. The van der Waals surface area contributed by atoms with Gasteiger partial charge in [-0.05, 0) is 24.3 Å². The van der Waals surface area contributed by atoms with Crippen molar-refractivity contribution in [3.63, 3.8) is 0 Å². The molecule has 3 N–H and O–H groups in total. The SMILES string of the molecule is CNc1cc2cc(O)ccc2[nH]1. The second kappa shape index (κ2) is 2.44. The Morgan fingerprint density at radius 2 is 2.17 bits per heavy atom. The van der Waals surface area contributed by atoms with Crippen molar-refractivity contribution in [2.45, 2.75) is 0 Å². The molecule has 0 aliphatic rings. The molecule has 1 aromatic carbocycles. The number of hydrogen-bond acceptors (Lipinski definition) is 2. The number of aromatic nitrogens is 1. The summed E-state index contributed by atoms with van der Waals surface area (Å²) < 4.78 is 0. The van der Waals surface area contributed by atoms with Gasteiger partial charge in [0, 0.05) is 18.0 Å². The molecular weight excluding hydrogens is 152 g/mol. The van der Waals surface area contributed by atoms with E-state index in [9.17, 15) is 5.11 Å². The molecule has 0 aliphatic carbocycles. The molecule has 0 unspecified atom stereocenters. The van der Waals surface area contributed by atoms with Gasteiger partial charge in [0.05, 0.1) is 0 Å². The van der Waals surface area contributed by atoms with Gasteiger partial charge in [0.1, 0.15) is 11.6 Å². The summed E-state index contributed by atoms with van der Waals surface area (Å²) in [6.45, 7) is 0. The highest BCUT2D eigenvalue weighted by Crippen LogP contribution is 2.22. The smallest absolute Gasteiger partial charge is 0.116 e. The van der Waals surface area contributed by atoms with Crippen molar-refractivity contribution in [2.24, 2.45) is 0 Å². The Balaban J connectivity index is 2.67. The number of hydrogen-bond donors (Lipinski definition) is 3. The van der Waals surface area contributed by atoms with Gasteiger partial charge in [0.2, 0.25) is 0 Å². The van der Waals surface area contributed by atoms with Crippen LogP contribution in [0.1, 0.15) is 0 Å². The van der Waals surface area contributed by atoms with Crippen LogP contribution in [0, 0.1) is 0 Å². The number of aromatic amines is 1. The lowest BCUT2D eigenvalue weighted by molar-refractivity contribution is 0.476. The molecule has 0 saturated heterocycles. The summed E-state index contributed by atoms with van der Waals surface area (Å²) in [6.07, 6.45) is 0. The third-order valence-corrected chi connectivity index (χ3v) is 1.87. The van der Waals surface area contributed by atoms with Crippen LogP contribution in [0.3, 0.4) is 0 Å². The van der Waals surface area contributed by atoms with Crippen LogP contribution < -0.4 is 5.32 Å². The Kier molecular flexibility index (Phi) is 1.43. The first-order valence-electron chi connectivity index (χ1n) is 3.79. The summed E-state index contributed by atoms with van der Waals surface area (Å²) in [4.78, 5) is 3.15. The zero-order chi connectivity index (χ0) is 8.55. The third kappa shape index (κ3) is 0.993. The standard InChI is InChI=1S/C9H10N2O/c1-10-9-5-6-4-7(12)2-3-8(6)11-9/h2-5,10-12H,1H3. The van der Waals surface area contributed by atoms with Gasteiger partial charge < -0.3 is 15.4 Å². The molecule has 0 saturated carbocycles. The van der Waals surface area contributed by atoms with E-state index >= 15 is 0 Å². The molecule has 1 heterocycles. The van der Waals surface area contributed by atoms with Gasteiger partial charge >= 0.3 is 0 Å². The van der Waals surface area contributed by atoms with Crippen molar-refractivity contribution in [3.8, 4) is 5.75 Å². The molecule has 0 atom stereocenters. The van der Waals surface area contributed by atoms with Crippen LogP contribution in [0.15, 0.2) is 24.3 Å². The molecule has 0 bridgehead atoms. The molecule has 1 aromatic heterocycles. The van der Waals surface area contributed by atoms with Gasteiger partial charge in [0.25, 0.3) is 0 Å². The van der Waals surface area contributed by atoms with Crippen LogP contribution in [0.25, 0.3) is 10.9 Å². The lowest BCUT2D eigenvalue weighted by Crippen LogP contribution is -1.85. The summed E-state index contributed by atoms with van der Waals surface area (Å²) in [6, 6.07) is 7.20. The predicted molar refractivity (Wildman–Crippen MR) is 49.5 cm³/mol. The van der Waals surface area contributed by atoms with Crippen LogP contribution in [-0.4, -0.2) is 17.1 Å². The topological polar surface area (TPSA) is 48.0 Å². The number of rotatable bonds is 1. The Labute approximate surface area is 70.0 Å². The minimum absolute atomic E-state index is 0.296. The van der Waals surface area contributed by atoms with Crippen molar-refractivity contribution in [1.29, 1.82) is 0 Å². The van der Waals surface area contributed by atoms with Crippen LogP contribution >= 0.6 is 0 Å². The summed E-state index contributed by atoms with van der Waals surface area (Å²) in [5.74, 6) is 1.25. The number of phenolic OH excluding ortho intramolecular Hbond substituents is 1. The van der Waals surface area contributed by atoms with Gasteiger partial charge in [-0.25, -0.2) is 0 Å². The first-order chi connectivity index (χ1) is 5.79. The van der Waals surface area contributed by atoms with Crippen molar-refractivity contribution in [3.05, 3.63) is 24.3 Å². The lowest BCUT2D eigenvalue weighted by Gasteiger charge is -1.90. The van der Waals surface area contributed by atoms with E-state index in [0.717, 1.165) is 16.7 Å². The molecule has 0 radical (unpaired) electrons. The minimum Gasteiger partial charge on any atom is -0.508 e. The van der Waals surface area contributed by atoms with Gasteiger partial charge in [-0.15, -0.1) is 0 Å². The summed E-state index contributed by atoms with van der Waals surface area (Å²) >= 11 is 0. The zero-order valence-electron chi connectivity index (χ0n) is 6.76. The second-order valence-corrected chi connectivity index (χ2v) is 2.70. The van der Waals surface area contributed by atoms with E-state index in [4.69, 9.17) is 0 Å². The van der Waals surface area contributed by atoms with E-state index in [2.05, 4.69) is 10.3 Å². The highest BCUT2D eigenvalue weighted by atomic mass is 16.3. The van der Waals surface area contributed by atoms with Crippen molar-refractivity contribution < 1.29 is 5.11 Å². The Bertz CT molecular complexity index is 406. The fraction of sp³-hybridized carbons (Fsp3) is 0.111. The highest BCUT2D eigenvalue weighted by Gasteiger charge is 1.98. The Morgan fingerprint density at radius 3 is 2.92 bits per heavy atom. The fourth-order valence-corrected chi connectivity index (χ4v) is 1.25. The molecule has 0 fully saturated rings. The maximum Gasteiger partial charge on any atom is 0.116 e. The molecule has 2 aromatic rings. The molecule has 2 rings (SSSR count). The molecule has 0 amide bonds. The third-order valence-electron chi connectivity index (χ3n) is 1.87. The quantitative estimate of drug-likeness (QED) is 0.600. The largest absolute Gasteiger partial charge is 0.508 e. The first kappa shape index (κ1) is 7.03. The second-order valence-electron chi connectivity index (χ2n) is 2.70. The maximum absolute atomic E-state index is 9.18. The van der Waals surface area contributed by atoms with E-state index in [-0.39, 0.29) is 0 Å². The van der Waals surface area contributed by atoms with E-state index < -0.39 is 0 Å². The predicted octanol–water partition coefficient (Wildman–Crippen LogP) is 1.92. The van der Waals surface area contributed by atoms with Gasteiger partial charge in [-0.1, -0.05) is 0 Å². The average Bonchev–Trinajstić information content (AvgIpc) is 2.46. The minimum atomic E-state index is 0.296. The highest BCUT2D eigenvalue weighted by molar-refractivity contribution is 5.84. The van der Waals surface area contributed by atoms with Crippen LogP contribution in [-0.2, 0) is 0 Å². The van der Waals surface area contributed by atoms with Crippen molar-refractivity contribution in [2.75, 3.05) is 12.4 Å². The van der Waals surface area contributed by atoms with Crippen molar-refractivity contribution >= 4 is 16.7 Å². The molecule has 3 nitrogen and oxygen atoms in total. The molecule has 12 heavy (non-hydrogen) atoms. The fourth-order valence-electron chi connectivity index (χ4n) is 1.25. The van der Waals surface area contributed by atoms with E-state index in [0.29, 0.717) is 5.75 Å². The molecule has 0 aliphatic heterocycles. The van der Waals surface area contributed by atoms with Crippen LogP contribution in [0.4, 0.5) is 5.82 Å². The number of nitrogens with one attached hydrogen (secondary N) is 2. The molecule has 3 heteroatoms. The van der Waals surface area contributed by atoms with Crippen molar-refractivity contribution in [1.82, 2.24) is 4.98 Å². The molecular formula is C9H10N2O. The lowest BCUT2D eigenvalue weighted by atomic mass is 10.2. The maximum atomic E-state index is 9.18. The Hall–Kier alpha value is -1.64. The summed E-state index contributed by atoms with van der Waals surface area (Å²) in [7, 11) is 1.85. The van der Waals surface area contributed by atoms with E-state index in [1.807, 2.05) is 19.2 Å². The number of aromatic hydroxyl groups is 1. The number of phenols is 1. The van der Waals surface area contributed by atoms with Gasteiger partial charge in [0.15, 0.2) is 0 Å². The number of benzene rings is 1. The number of H-pyrrole nitrogens is 1. The number of anilines is 1. The average molecular weight is 162 g/mol. The first-order valence-corrected chi connectivity index (χ1v) is 3.79. The van der Waals surface area contributed by atoms with Gasteiger partial charge in [-0.3, -0.25) is 0 Å². The van der Waals surface area contributed by atoms with E-state index in [1.54, 1.807) is 12.1 Å². The van der Waals surface area contributed by atoms with Crippen LogP contribution in [0.5, 0.6) is 5.75 Å². The van der Waals surface area contributed by atoms with Crippen LogP contribution in [0.2, 0.25) is 0 Å². The zero-order valence-corrected chi connectivity index (χ0v) is 6.76. The molecule has 62 valence electrons. The summed E-state index contributed by atoms with van der Waals surface area (Å²) in [5, 5.41) is 13.2. The Morgan fingerprint density at radius 1 is 1.33 bits per heavy atom.